The van der Waals surface area contributed by atoms with Gasteiger partial charge in [0.05, 0.1) is 5.69 Å². The number of carboxylic acid groups (broad SMARTS) is 1. The molecule has 2 N–H and O–H groups in total. The molecule has 0 saturated heterocycles. The summed E-state index contributed by atoms with van der Waals surface area (Å²) >= 11 is 0. The summed E-state index contributed by atoms with van der Waals surface area (Å²) in [6, 6.07) is 0. The van der Waals surface area contributed by atoms with E-state index in [0.29, 0.717) is 0 Å². The zero-order valence-electron chi connectivity index (χ0n) is 9.08. The summed E-state index contributed by atoms with van der Waals surface area (Å²) in [5, 5.41) is 16.3. The molecule has 1 aliphatic rings. The van der Waals surface area contributed by atoms with Crippen LogP contribution in [0.25, 0.3) is 0 Å². The number of nitrogens with zero attached hydrogens (tertiary/aromatic N) is 1. The van der Waals surface area contributed by atoms with E-state index >= 15 is 0 Å². The van der Waals surface area contributed by atoms with Crippen LogP contribution in [0.4, 0.5) is 0 Å². The van der Waals surface area contributed by atoms with Crippen molar-refractivity contribution < 1.29 is 9.90 Å². The molecule has 0 aromatic carbocycles. The molecule has 0 bridgehead atoms. The minimum absolute atomic E-state index is 0.0792. The Morgan fingerprint density at radius 2 is 2.20 bits per heavy atom. The van der Waals surface area contributed by atoms with Gasteiger partial charge in [0.2, 0.25) is 0 Å². The molecule has 1 aromatic heterocycles. The Hall–Kier alpha value is -1.32. The van der Waals surface area contributed by atoms with E-state index in [4.69, 9.17) is 0 Å². The first-order valence-electron chi connectivity index (χ1n) is 5.40. The molecule has 0 saturated carbocycles. The molecule has 1 aliphatic carbocycles. The second-order valence-electron chi connectivity index (χ2n) is 4.48. The normalized spacial score (nSPS) is 16.7. The van der Waals surface area contributed by atoms with E-state index in [1.807, 2.05) is 13.8 Å². The lowest BCUT2D eigenvalue weighted by atomic mass is 9.90. The maximum atomic E-state index is 11.2. The fourth-order valence-electron chi connectivity index (χ4n) is 2.32. The van der Waals surface area contributed by atoms with Crippen LogP contribution in [0.15, 0.2) is 0 Å². The predicted octanol–water partition coefficient (Wildman–Crippen LogP) is 1.72. The molecule has 4 heteroatoms. The number of nitrogens with one attached hydrogen (secondary N) is 1. The standard InChI is InChI=1S/C11H16N2O2/c1-6(2)9(11(14)15)10-7-4-3-5-8(7)12-13-10/h6,9H,3-5H2,1-2H3,(H,12,13)(H,14,15). The third-order valence-corrected chi connectivity index (χ3v) is 3.07. The second-order valence-corrected chi connectivity index (χ2v) is 4.48. The first-order valence-corrected chi connectivity index (χ1v) is 5.40. The highest BCUT2D eigenvalue weighted by atomic mass is 16.4. The number of hydrogen-bond donors (Lipinski definition) is 2. The summed E-state index contributed by atoms with van der Waals surface area (Å²) in [5.41, 5.74) is 3.04. The zero-order chi connectivity index (χ0) is 11.0. The number of aromatic amines is 1. The Balaban J connectivity index is 2.38. The summed E-state index contributed by atoms with van der Waals surface area (Å²) in [7, 11) is 0. The van der Waals surface area contributed by atoms with Crippen LogP contribution in [0.2, 0.25) is 0 Å². The number of aromatic nitrogens is 2. The third kappa shape index (κ3) is 1.64. The molecular formula is C11H16N2O2. The van der Waals surface area contributed by atoms with Crippen LogP contribution in [0, 0.1) is 5.92 Å². The van der Waals surface area contributed by atoms with Gasteiger partial charge in [-0.15, -0.1) is 0 Å². The van der Waals surface area contributed by atoms with Gasteiger partial charge >= 0.3 is 5.97 Å². The predicted molar refractivity (Wildman–Crippen MR) is 55.8 cm³/mol. The van der Waals surface area contributed by atoms with Gasteiger partial charge in [-0.25, -0.2) is 0 Å². The van der Waals surface area contributed by atoms with Crippen LogP contribution >= 0.6 is 0 Å². The van der Waals surface area contributed by atoms with Gasteiger partial charge in [0.1, 0.15) is 5.92 Å². The fraction of sp³-hybridized carbons (Fsp3) is 0.636. The van der Waals surface area contributed by atoms with Gasteiger partial charge in [-0.3, -0.25) is 9.89 Å². The Kier molecular flexibility index (Phi) is 2.50. The average molecular weight is 208 g/mol. The second kappa shape index (κ2) is 3.68. The SMILES string of the molecule is CC(C)C(C(=O)O)c1n[nH]c2c1CCC2. The monoisotopic (exact) mass is 208 g/mol. The Labute approximate surface area is 88.7 Å². The number of H-pyrrole nitrogens is 1. The van der Waals surface area contributed by atoms with E-state index in [-0.39, 0.29) is 5.92 Å². The first-order chi connectivity index (χ1) is 7.11. The van der Waals surface area contributed by atoms with Gasteiger partial charge < -0.3 is 5.11 Å². The number of aliphatic carboxylic acids is 1. The van der Waals surface area contributed by atoms with Crippen molar-refractivity contribution in [1.82, 2.24) is 10.2 Å². The fourth-order valence-corrected chi connectivity index (χ4v) is 2.32. The third-order valence-electron chi connectivity index (χ3n) is 3.07. The molecule has 1 unspecified atom stereocenters. The minimum Gasteiger partial charge on any atom is -0.481 e. The van der Waals surface area contributed by atoms with E-state index in [0.717, 1.165) is 36.2 Å². The van der Waals surface area contributed by atoms with E-state index in [1.165, 1.54) is 0 Å². The molecule has 1 aromatic rings. The topological polar surface area (TPSA) is 66.0 Å². The Bertz CT molecular complexity index is 382. The maximum Gasteiger partial charge on any atom is 0.312 e. The molecule has 82 valence electrons. The van der Waals surface area contributed by atoms with Crippen LogP contribution in [-0.2, 0) is 17.6 Å². The van der Waals surface area contributed by atoms with Gasteiger partial charge in [-0.1, -0.05) is 13.8 Å². The molecule has 0 fully saturated rings. The van der Waals surface area contributed by atoms with Crippen molar-refractivity contribution in [3.8, 4) is 0 Å². The summed E-state index contributed by atoms with van der Waals surface area (Å²) in [6.45, 7) is 3.85. The number of fused-ring (bicyclic) bond motifs is 1. The van der Waals surface area contributed by atoms with Crippen LogP contribution in [0.3, 0.4) is 0 Å². The lowest BCUT2D eigenvalue weighted by Gasteiger charge is -2.14. The molecule has 1 heterocycles. The van der Waals surface area contributed by atoms with Crippen LogP contribution in [0.1, 0.15) is 43.1 Å². The zero-order valence-corrected chi connectivity index (χ0v) is 9.08. The van der Waals surface area contributed by atoms with Gasteiger partial charge in [-0.2, -0.15) is 5.10 Å². The van der Waals surface area contributed by atoms with Crippen molar-refractivity contribution in [2.45, 2.75) is 39.0 Å². The van der Waals surface area contributed by atoms with Crippen molar-refractivity contribution in [3.05, 3.63) is 17.0 Å². The van der Waals surface area contributed by atoms with Gasteiger partial charge in [-0.05, 0) is 30.7 Å². The van der Waals surface area contributed by atoms with Gasteiger partial charge in [0.15, 0.2) is 0 Å². The van der Waals surface area contributed by atoms with E-state index in [1.54, 1.807) is 0 Å². The van der Waals surface area contributed by atoms with Crippen molar-refractivity contribution in [3.63, 3.8) is 0 Å². The highest BCUT2D eigenvalue weighted by Crippen LogP contribution is 2.31. The largest absolute Gasteiger partial charge is 0.481 e. The van der Waals surface area contributed by atoms with E-state index in [2.05, 4.69) is 10.2 Å². The minimum atomic E-state index is -0.772. The summed E-state index contributed by atoms with van der Waals surface area (Å²) < 4.78 is 0. The summed E-state index contributed by atoms with van der Waals surface area (Å²) in [4.78, 5) is 11.2. The van der Waals surface area contributed by atoms with Crippen LogP contribution < -0.4 is 0 Å². The molecule has 0 radical (unpaired) electrons. The molecule has 0 amide bonds. The highest BCUT2D eigenvalue weighted by Gasteiger charge is 2.31. The van der Waals surface area contributed by atoms with E-state index < -0.39 is 11.9 Å². The van der Waals surface area contributed by atoms with Gasteiger partial charge in [0, 0.05) is 5.69 Å². The van der Waals surface area contributed by atoms with Crippen molar-refractivity contribution in [2.24, 2.45) is 5.92 Å². The number of carboxylic acids is 1. The van der Waals surface area contributed by atoms with Crippen LogP contribution in [-0.4, -0.2) is 21.3 Å². The van der Waals surface area contributed by atoms with Crippen molar-refractivity contribution in [1.29, 1.82) is 0 Å². The van der Waals surface area contributed by atoms with E-state index in [9.17, 15) is 9.90 Å². The average Bonchev–Trinajstić information content (AvgIpc) is 2.67. The molecule has 0 aliphatic heterocycles. The molecule has 1 atom stereocenters. The number of rotatable bonds is 3. The molecule has 0 spiro atoms. The summed E-state index contributed by atoms with van der Waals surface area (Å²) in [5.74, 6) is -1.16. The molecule has 15 heavy (non-hydrogen) atoms. The lowest BCUT2D eigenvalue weighted by Crippen LogP contribution is -2.19. The van der Waals surface area contributed by atoms with Crippen molar-refractivity contribution in [2.75, 3.05) is 0 Å². The Morgan fingerprint density at radius 1 is 1.47 bits per heavy atom. The van der Waals surface area contributed by atoms with Crippen molar-refractivity contribution >= 4 is 5.97 Å². The maximum absolute atomic E-state index is 11.2. The van der Waals surface area contributed by atoms with Crippen LogP contribution in [0.5, 0.6) is 0 Å². The van der Waals surface area contributed by atoms with Gasteiger partial charge in [0.25, 0.3) is 0 Å². The highest BCUT2D eigenvalue weighted by molar-refractivity contribution is 5.76. The number of carbonyl (C=O) groups is 1. The molecule has 2 rings (SSSR count). The molecular weight excluding hydrogens is 192 g/mol. The Morgan fingerprint density at radius 3 is 2.80 bits per heavy atom. The lowest BCUT2D eigenvalue weighted by molar-refractivity contribution is -0.140. The number of aryl methyl sites for hydroxylation is 1. The summed E-state index contributed by atoms with van der Waals surface area (Å²) in [6.07, 6.45) is 3.09. The smallest absolute Gasteiger partial charge is 0.312 e. The molecule has 4 nitrogen and oxygen atoms in total. The number of hydrogen-bond acceptors (Lipinski definition) is 2. The quantitative estimate of drug-likeness (QED) is 0.794. The first kappa shape index (κ1) is 10.2.